The summed E-state index contributed by atoms with van der Waals surface area (Å²) in [5.74, 6) is -5.10. The number of imide groups is 2. The quantitative estimate of drug-likeness (QED) is 0.136. The number of carboxylic acid groups (broad SMARTS) is 1. The number of carboxylic acids is 1. The summed E-state index contributed by atoms with van der Waals surface area (Å²) >= 11 is 6.12. The van der Waals surface area contributed by atoms with Gasteiger partial charge in [0, 0.05) is 79.9 Å². The Kier molecular flexibility index (Phi) is 12.0. The van der Waals surface area contributed by atoms with Gasteiger partial charge in [-0.15, -0.1) is 0 Å². The van der Waals surface area contributed by atoms with Crippen molar-refractivity contribution in [2.45, 2.75) is 68.6 Å². The van der Waals surface area contributed by atoms with Crippen molar-refractivity contribution in [2.75, 3.05) is 44.7 Å². The number of benzene rings is 3. The van der Waals surface area contributed by atoms with Crippen LogP contribution in [0.2, 0.25) is 5.02 Å². The average molecular weight is 931 g/mol. The number of carbonyl (C=O) groups excluding carboxylic acids is 7. The van der Waals surface area contributed by atoms with Crippen LogP contribution >= 0.6 is 11.6 Å². The smallest absolute Gasteiger partial charge is 0.330 e. The Hall–Kier alpha value is -7.18. The highest BCUT2D eigenvalue weighted by atomic mass is 35.5. The third-order valence-electron chi connectivity index (χ3n) is 13.7. The lowest BCUT2D eigenvalue weighted by Gasteiger charge is -2.34. The molecule has 5 aliphatic rings. The van der Waals surface area contributed by atoms with Crippen LogP contribution < -0.4 is 20.9 Å². The molecule has 3 atom stereocenters. The van der Waals surface area contributed by atoms with Gasteiger partial charge in [-0.25, -0.2) is 9.78 Å². The largest absolute Gasteiger partial charge is 0.505 e. The van der Waals surface area contributed by atoms with Crippen LogP contribution in [-0.4, -0.2) is 141 Å². The van der Waals surface area contributed by atoms with E-state index in [1.165, 1.54) is 12.3 Å². The molecule has 5 heterocycles. The summed E-state index contributed by atoms with van der Waals surface area (Å²) in [6.07, 6.45) is 3.31. The van der Waals surface area contributed by atoms with Crippen molar-refractivity contribution < 1.29 is 48.6 Å². The molecule has 18 nitrogen and oxygen atoms in total. The van der Waals surface area contributed by atoms with Crippen molar-refractivity contribution in [1.29, 1.82) is 0 Å². The van der Waals surface area contributed by atoms with Crippen molar-refractivity contribution in [3.63, 3.8) is 0 Å². The molecule has 3 aromatic carbocycles. The highest BCUT2D eigenvalue weighted by molar-refractivity contribution is 6.30. The van der Waals surface area contributed by atoms with Gasteiger partial charge < -0.3 is 30.6 Å². The topological polar surface area (TPSA) is 239 Å². The minimum atomic E-state index is -1.65. The van der Waals surface area contributed by atoms with Gasteiger partial charge in [-0.2, -0.15) is 0 Å². The Morgan fingerprint density at radius 2 is 1.63 bits per heavy atom. The van der Waals surface area contributed by atoms with Crippen LogP contribution in [0.3, 0.4) is 0 Å². The highest BCUT2D eigenvalue weighted by Gasteiger charge is 2.48. The van der Waals surface area contributed by atoms with Gasteiger partial charge in [0.15, 0.2) is 11.4 Å². The molecule has 0 saturated carbocycles. The van der Waals surface area contributed by atoms with E-state index in [2.05, 4.69) is 20.9 Å². The van der Waals surface area contributed by atoms with Crippen LogP contribution in [0.1, 0.15) is 84.8 Å². The van der Waals surface area contributed by atoms with Crippen molar-refractivity contribution in [2.24, 2.45) is 0 Å². The average Bonchev–Trinajstić information content (AvgIpc) is 4.02. The van der Waals surface area contributed by atoms with Crippen LogP contribution in [0.5, 0.6) is 5.75 Å². The number of piperidine rings is 2. The molecule has 2 unspecified atom stereocenters. The van der Waals surface area contributed by atoms with Gasteiger partial charge in [-0.05, 0) is 91.9 Å². The first kappa shape index (κ1) is 45.0. The minimum absolute atomic E-state index is 0.0124. The van der Waals surface area contributed by atoms with Gasteiger partial charge in [-0.1, -0.05) is 35.9 Å². The van der Waals surface area contributed by atoms with E-state index in [9.17, 15) is 48.6 Å². The first-order valence-electron chi connectivity index (χ1n) is 22.1. The van der Waals surface area contributed by atoms with E-state index in [1.54, 1.807) is 65.6 Å². The zero-order valence-corrected chi connectivity index (χ0v) is 37.2. The molecule has 0 radical (unpaired) electrons. The molecular weight excluding hydrogens is 884 g/mol. The van der Waals surface area contributed by atoms with Crippen LogP contribution in [0.4, 0.5) is 5.69 Å². The number of likely N-dealkylation sites (tertiary alicyclic amines) is 1. The third kappa shape index (κ3) is 8.57. The second-order valence-corrected chi connectivity index (χ2v) is 18.3. The number of anilines is 1. The van der Waals surface area contributed by atoms with Crippen molar-refractivity contribution in [3.8, 4) is 16.9 Å². The summed E-state index contributed by atoms with van der Waals surface area (Å²) in [6, 6.07) is 16.9. The Labute approximate surface area is 389 Å². The van der Waals surface area contributed by atoms with Crippen LogP contribution in [0.15, 0.2) is 72.9 Å². The number of nitrogens with zero attached hydrogens (tertiary/aromatic N) is 5. The fourth-order valence-corrected chi connectivity index (χ4v) is 10.1. The van der Waals surface area contributed by atoms with Gasteiger partial charge in [0.05, 0.1) is 23.4 Å². The fourth-order valence-electron chi connectivity index (χ4n) is 9.93. The maximum atomic E-state index is 13.7. The van der Waals surface area contributed by atoms with E-state index >= 15 is 0 Å². The SMILES string of the molecule is CN(CC(=O)N1CCC(NC(=O)c2ccc(-c3ccnc(C(=O)NC4(C(=O)O)Cc5ccc(Cl)cc5C4)c3O)cc2)CC1)[C@H]1CCN(c2cccc3c2C(=O)N(C2CCC(=O)NC2=O)C3=O)C1. The zero-order valence-electron chi connectivity index (χ0n) is 36.4. The zero-order chi connectivity index (χ0) is 47.3. The molecule has 9 rings (SSSR count). The van der Waals surface area contributed by atoms with Crippen LogP contribution in [0.25, 0.3) is 11.1 Å². The van der Waals surface area contributed by atoms with Crippen LogP contribution in [0, 0.1) is 0 Å². The molecule has 5 N–H and O–H groups in total. The standard InChI is InChI=1S/C48H47ClN8O10/c1-54(32-16-20-56(24-32)35-4-2-3-34-39(35)46(65)57(45(34)64)36-11-12-37(58)52-43(36)62)25-38(59)55-18-14-31(15-19-55)51-42(61)27-7-5-26(6-8-27)33-13-17-50-40(41(33)60)44(63)53-48(47(66)67)22-28-9-10-30(49)21-29(28)23-48/h2-10,13,17,21,31-32,36,60H,11-12,14-16,18-20,22-25H2,1H3,(H,51,61)(H,53,63)(H,66,67)(H,52,58,62)/t32-,36?,48?/m0/s1. The van der Waals surface area contributed by atoms with E-state index in [0.29, 0.717) is 72.8 Å². The molecule has 1 aliphatic carbocycles. The number of hydrogen-bond acceptors (Lipinski definition) is 12. The van der Waals surface area contributed by atoms with E-state index < -0.39 is 52.8 Å². The second kappa shape index (κ2) is 17.9. The molecule has 67 heavy (non-hydrogen) atoms. The number of halogens is 1. The molecule has 0 spiro atoms. The number of carbonyl (C=O) groups is 8. The molecule has 1 aromatic heterocycles. The third-order valence-corrected chi connectivity index (χ3v) is 13.9. The lowest BCUT2D eigenvalue weighted by Crippen LogP contribution is -2.55. The minimum Gasteiger partial charge on any atom is -0.505 e. The number of aromatic nitrogens is 1. The lowest BCUT2D eigenvalue weighted by atomic mass is 9.95. The molecule has 3 saturated heterocycles. The van der Waals surface area contributed by atoms with Gasteiger partial charge in [0.2, 0.25) is 17.7 Å². The predicted octanol–water partition coefficient (Wildman–Crippen LogP) is 2.79. The Morgan fingerprint density at radius 3 is 2.36 bits per heavy atom. The predicted molar refractivity (Wildman–Crippen MR) is 241 cm³/mol. The number of aliphatic carboxylic acids is 1. The number of hydrogen-bond donors (Lipinski definition) is 5. The van der Waals surface area contributed by atoms with Crippen LogP contribution in [-0.2, 0) is 32.0 Å². The molecular formula is C48H47ClN8O10. The Morgan fingerprint density at radius 1 is 0.881 bits per heavy atom. The van der Waals surface area contributed by atoms with Gasteiger partial charge in [0.25, 0.3) is 23.6 Å². The maximum absolute atomic E-state index is 13.7. The van der Waals surface area contributed by atoms with Gasteiger partial charge in [-0.3, -0.25) is 48.7 Å². The number of nitrogens with one attached hydrogen (secondary N) is 3. The summed E-state index contributed by atoms with van der Waals surface area (Å²) < 4.78 is 0. The lowest BCUT2D eigenvalue weighted by molar-refractivity contribution is -0.144. The summed E-state index contributed by atoms with van der Waals surface area (Å²) in [6.45, 7) is 2.18. The van der Waals surface area contributed by atoms with E-state index in [1.807, 2.05) is 16.8 Å². The summed E-state index contributed by atoms with van der Waals surface area (Å²) in [5, 5.41) is 29.7. The number of likely N-dealkylation sites (N-methyl/N-ethyl adjacent to an activating group) is 1. The number of pyridine rings is 1. The molecule has 0 bridgehead atoms. The molecule has 4 aliphatic heterocycles. The maximum Gasteiger partial charge on any atom is 0.330 e. The molecule has 4 aromatic rings. The normalized spacial score (nSPS) is 21.6. The second-order valence-electron chi connectivity index (χ2n) is 17.8. The molecule has 3 fully saturated rings. The monoisotopic (exact) mass is 930 g/mol. The summed E-state index contributed by atoms with van der Waals surface area (Å²) in [4.78, 5) is 115. The van der Waals surface area contributed by atoms with E-state index in [-0.39, 0.29) is 78.5 Å². The Bertz CT molecular complexity index is 2760. The van der Waals surface area contributed by atoms with E-state index in [4.69, 9.17) is 11.6 Å². The Balaban J connectivity index is 0.754. The summed E-state index contributed by atoms with van der Waals surface area (Å²) in [5.41, 5.74) is 1.64. The molecule has 19 heteroatoms. The van der Waals surface area contributed by atoms with Crippen molar-refractivity contribution in [3.05, 3.63) is 111 Å². The van der Waals surface area contributed by atoms with E-state index in [0.717, 1.165) is 10.5 Å². The number of amides is 7. The highest BCUT2D eigenvalue weighted by Crippen LogP contribution is 2.37. The fraction of sp³-hybridized carbons (Fsp3) is 0.354. The van der Waals surface area contributed by atoms with Gasteiger partial charge >= 0.3 is 5.97 Å². The summed E-state index contributed by atoms with van der Waals surface area (Å²) in [7, 11) is 1.88. The first-order chi connectivity index (χ1) is 32.1. The first-order valence-corrected chi connectivity index (χ1v) is 22.5. The molecule has 7 amide bonds. The van der Waals surface area contributed by atoms with Crippen molar-refractivity contribution in [1.82, 2.24) is 35.6 Å². The van der Waals surface area contributed by atoms with Gasteiger partial charge in [0.1, 0.15) is 11.6 Å². The van der Waals surface area contributed by atoms with Crippen molar-refractivity contribution >= 4 is 64.6 Å². The number of rotatable bonds is 11. The number of aromatic hydroxyl groups is 1. The molecule has 346 valence electrons. The number of fused-ring (bicyclic) bond motifs is 2.